The summed E-state index contributed by atoms with van der Waals surface area (Å²) in [5, 5.41) is 5.78. The van der Waals surface area contributed by atoms with Gasteiger partial charge in [0.2, 0.25) is 5.91 Å². The highest BCUT2D eigenvalue weighted by atomic mass is 16.5. The van der Waals surface area contributed by atoms with Crippen molar-refractivity contribution in [2.24, 2.45) is 5.92 Å². The third-order valence-corrected chi connectivity index (χ3v) is 4.40. The van der Waals surface area contributed by atoms with E-state index in [9.17, 15) is 9.59 Å². The molecule has 0 spiro atoms. The number of ether oxygens (including phenoxy) is 1. The molecule has 0 saturated carbocycles. The zero-order valence-electron chi connectivity index (χ0n) is 16.4. The predicted octanol–water partition coefficient (Wildman–Crippen LogP) is 3.12. The number of benzene rings is 2. The van der Waals surface area contributed by atoms with E-state index >= 15 is 0 Å². The summed E-state index contributed by atoms with van der Waals surface area (Å²) in [7, 11) is 1.63. The number of hydrogen-bond acceptors (Lipinski definition) is 3. The molecular formula is C22H28N2O3. The highest BCUT2D eigenvalue weighted by Gasteiger charge is 2.24. The molecule has 0 heterocycles. The molecule has 2 amide bonds. The summed E-state index contributed by atoms with van der Waals surface area (Å²) in [4.78, 5) is 25.1. The van der Waals surface area contributed by atoms with Gasteiger partial charge in [-0.2, -0.15) is 0 Å². The fourth-order valence-corrected chi connectivity index (χ4v) is 2.89. The molecule has 2 aromatic rings. The number of para-hydroxylation sites is 1. The van der Waals surface area contributed by atoms with Gasteiger partial charge in [0.05, 0.1) is 7.11 Å². The van der Waals surface area contributed by atoms with Gasteiger partial charge in [-0.15, -0.1) is 0 Å². The maximum Gasteiger partial charge on any atom is 0.251 e. The number of methoxy groups -OCH3 is 1. The molecule has 0 bridgehead atoms. The molecule has 0 fully saturated rings. The van der Waals surface area contributed by atoms with E-state index in [0.29, 0.717) is 18.5 Å². The Morgan fingerprint density at radius 1 is 1.07 bits per heavy atom. The lowest BCUT2D eigenvalue weighted by atomic mass is 10.0. The van der Waals surface area contributed by atoms with Gasteiger partial charge in [-0.1, -0.05) is 49.7 Å². The van der Waals surface area contributed by atoms with Gasteiger partial charge in [0.25, 0.3) is 5.91 Å². The van der Waals surface area contributed by atoms with Crippen LogP contribution in [0.25, 0.3) is 0 Å². The van der Waals surface area contributed by atoms with Crippen molar-refractivity contribution in [3.05, 3.63) is 65.2 Å². The minimum absolute atomic E-state index is 0.0231. The van der Waals surface area contributed by atoms with Crippen LogP contribution in [0.1, 0.15) is 35.3 Å². The van der Waals surface area contributed by atoms with E-state index in [2.05, 4.69) is 10.6 Å². The summed E-state index contributed by atoms with van der Waals surface area (Å²) in [6.07, 6.45) is 0.659. The fraction of sp³-hybridized carbons (Fsp3) is 0.364. The Kier molecular flexibility index (Phi) is 7.41. The standard InChI is InChI=1S/C22H28N2O3/c1-15(2)20(24-21(25)18-10-7-8-16(3)14-18)22(26)23-13-12-17-9-5-6-11-19(17)27-4/h5-11,14-15,20H,12-13H2,1-4H3,(H,23,26)(H,24,25). The minimum Gasteiger partial charge on any atom is -0.496 e. The molecule has 1 unspecified atom stereocenters. The first-order valence-electron chi connectivity index (χ1n) is 9.19. The van der Waals surface area contributed by atoms with E-state index in [1.807, 2.05) is 63.2 Å². The van der Waals surface area contributed by atoms with Crippen LogP contribution in [0.15, 0.2) is 48.5 Å². The maximum atomic E-state index is 12.6. The number of rotatable bonds is 8. The SMILES string of the molecule is COc1ccccc1CCNC(=O)C(NC(=O)c1cccc(C)c1)C(C)C. The number of hydrogen-bond donors (Lipinski definition) is 2. The highest BCUT2D eigenvalue weighted by Crippen LogP contribution is 2.17. The number of amides is 2. The molecule has 2 aromatic carbocycles. The third kappa shape index (κ3) is 5.84. The second kappa shape index (κ2) is 9.76. The Labute approximate surface area is 161 Å². The van der Waals surface area contributed by atoms with E-state index in [1.165, 1.54) is 0 Å². The number of nitrogens with one attached hydrogen (secondary N) is 2. The lowest BCUT2D eigenvalue weighted by Crippen LogP contribution is -2.50. The monoisotopic (exact) mass is 368 g/mol. The summed E-state index contributed by atoms with van der Waals surface area (Å²) in [5.74, 6) is 0.364. The van der Waals surface area contributed by atoms with Crippen molar-refractivity contribution in [3.63, 3.8) is 0 Å². The van der Waals surface area contributed by atoms with Crippen LogP contribution >= 0.6 is 0 Å². The van der Waals surface area contributed by atoms with Gasteiger partial charge in [0.1, 0.15) is 11.8 Å². The van der Waals surface area contributed by atoms with Crippen LogP contribution in [-0.2, 0) is 11.2 Å². The summed E-state index contributed by atoms with van der Waals surface area (Å²) in [6, 6.07) is 14.5. The first-order valence-corrected chi connectivity index (χ1v) is 9.19. The third-order valence-electron chi connectivity index (χ3n) is 4.40. The number of carbonyl (C=O) groups excluding carboxylic acids is 2. The van der Waals surface area contributed by atoms with Crippen LogP contribution in [0.2, 0.25) is 0 Å². The topological polar surface area (TPSA) is 67.4 Å². The maximum absolute atomic E-state index is 12.6. The van der Waals surface area contributed by atoms with E-state index in [-0.39, 0.29) is 17.7 Å². The Bertz CT molecular complexity index is 787. The molecule has 0 aliphatic heterocycles. The van der Waals surface area contributed by atoms with Gasteiger partial charge >= 0.3 is 0 Å². The second-order valence-electron chi connectivity index (χ2n) is 6.92. The molecule has 1 atom stereocenters. The number of carbonyl (C=O) groups is 2. The van der Waals surface area contributed by atoms with Crippen LogP contribution in [-0.4, -0.2) is 31.5 Å². The van der Waals surface area contributed by atoms with Gasteiger partial charge in [-0.05, 0) is 43.0 Å². The van der Waals surface area contributed by atoms with Crippen molar-refractivity contribution < 1.29 is 14.3 Å². The summed E-state index contributed by atoms with van der Waals surface area (Å²) in [5.41, 5.74) is 2.60. The van der Waals surface area contributed by atoms with Gasteiger partial charge in [0.15, 0.2) is 0 Å². The average molecular weight is 368 g/mol. The lowest BCUT2D eigenvalue weighted by molar-refractivity contribution is -0.123. The molecule has 0 radical (unpaired) electrons. The largest absolute Gasteiger partial charge is 0.496 e. The van der Waals surface area contributed by atoms with Crippen LogP contribution in [0.3, 0.4) is 0 Å². The number of aryl methyl sites for hydroxylation is 1. The van der Waals surface area contributed by atoms with Crippen molar-refractivity contribution in [1.82, 2.24) is 10.6 Å². The van der Waals surface area contributed by atoms with Crippen molar-refractivity contribution in [2.75, 3.05) is 13.7 Å². The molecule has 5 nitrogen and oxygen atoms in total. The van der Waals surface area contributed by atoms with Gasteiger partial charge < -0.3 is 15.4 Å². The molecule has 0 saturated heterocycles. The van der Waals surface area contributed by atoms with Crippen LogP contribution in [0, 0.1) is 12.8 Å². The summed E-state index contributed by atoms with van der Waals surface area (Å²) >= 11 is 0. The second-order valence-corrected chi connectivity index (χ2v) is 6.92. The average Bonchev–Trinajstić information content (AvgIpc) is 2.65. The first-order chi connectivity index (χ1) is 12.9. The van der Waals surface area contributed by atoms with Gasteiger partial charge in [-0.3, -0.25) is 9.59 Å². The normalized spacial score (nSPS) is 11.7. The van der Waals surface area contributed by atoms with E-state index in [0.717, 1.165) is 16.9 Å². The highest BCUT2D eigenvalue weighted by molar-refractivity contribution is 5.97. The van der Waals surface area contributed by atoms with Gasteiger partial charge in [-0.25, -0.2) is 0 Å². The van der Waals surface area contributed by atoms with Crippen LogP contribution in [0.4, 0.5) is 0 Å². The molecular weight excluding hydrogens is 340 g/mol. The van der Waals surface area contributed by atoms with Crippen LogP contribution in [0.5, 0.6) is 5.75 Å². The molecule has 144 valence electrons. The van der Waals surface area contributed by atoms with Crippen molar-refractivity contribution in [1.29, 1.82) is 0 Å². The lowest BCUT2D eigenvalue weighted by Gasteiger charge is -2.22. The Hall–Kier alpha value is -2.82. The molecule has 0 aromatic heterocycles. The van der Waals surface area contributed by atoms with Crippen molar-refractivity contribution in [2.45, 2.75) is 33.2 Å². The van der Waals surface area contributed by atoms with Crippen molar-refractivity contribution in [3.8, 4) is 5.75 Å². The summed E-state index contributed by atoms with van der Waals surface area (Å²) in [6.45, 7) is 6.24. The smallest absolute Gasteiger partial charge is 0.251 e. The quantitative estimate of drug-likeness (QED) is 0.752. The first kappa shape index (κ1) is 20.5. The summed E-state index contributed by atoms with van der Waals surface area (Å²) < 4.78 is 5.33. The minimum atomic E-state index is -0.587. The van der Waals surface area contributed by atoms with Crippen LogP contribution < -0.4 is 15.4 Å². The van der Waals surface area contributed by atoms with E-state index in [4.69, 9.17) is 4.74 Å². The zero-order chi connectivity index (χ0) is 19.8. The van der Waals surface area contributed by atoms with E-state index in [1.54, 1.807) is 13.2 Å². The molecule has 5 heteroatoms. The Balaban J connectivity index is 1.95. The van der Waals surface area contributed by atoms with Crippen molar-refractivity contribution >= 4 is 11.8 Å². The molecule has 2 rings (SSSR count). The Morgan fingerprint density at radius 3 is 2.48 bits per heavy atom. The molecule has 0 aliphatic carbocycles. The molecule has 27 heavy (non-hydrogen) atoms. The molecule has 2 N–H and O–H groups in total. The Morgan fingerprint density at radius 2 is 1.81 bits per heavy atom. The zero-order valence-corrected chi connectivity index (χ0v) is 16.4. The fourth-order valence-electron chi connectivity index (χ4n) is 2.89. The van der Waals surface area contributed by atoms with E-state index < -0.39 is 6.04 Å². The predicted molar refractivity (Wildman–Crippen MR) is 107 cm³/mol. The molecule has 0 aliphatic rings. The van der Waals surface area contributed by atoms with Gasteiger partial charge in [0, 0.05) is 12.1 Å².